The Morgan fingerprint density at radius 2 is 1.58 bits per heavy atom. The van der Waals surface area contributed by atoms with Crippen LogP contribution in [-0.2, 0) is 23.1 Å². The van der Waals surface area contributed by atoms with E-state index in [0.717, 1.165) is 5.56 Å². The van der Waals surface area contributed by atoms with Crippen molar-refractivity contribution in [2.75, 3.05) is 0 Å². The molecule has 3 N–H and O–H groups in total. The van der Waals surface area contributed by atoms with Gasteiger partial charge in [0.15, 0.2) is 0 Å². The minimum Gasteiger partial charge on any atom is -0.334 e. The third-order valence-electron chi connectivity index (χ3n) is 3.63. The predicted molar refractivity (Wildman–Crippen MR) is 102 cm³/mol. The highest BCUT2D eigenvalue weighted by Crippen LogP contribution is 2.12. The first kappa shape index (κ1) is 19.9. The van der Waals surface area contributed by atoms with E-state index < -0.39 is 10.0 Å². The average Bonchev–Trinajstić information content (AvgIpc) is 2.58. The van der Waals surface area contributed by atoms with Gasteiger partial charge < -0.3 is 10.6 Å². The van der Waals surface area contributed by atoms with Crippen molar-refractivity contribution >= 4 is 16.1 Å². The highest BCUT2D eigenvalue weighted by Gasteiger charge is 2.15. The molecule has 2 rings (SSSR count). The van der Waals surface area contributed by atoms with E-state index in [1.807, 2.05) is 31.2 Å². The molecule has 0 saturated heterocycles. The van der Waals surface area contributed by atoms with Gasteiger partial charge in [-0.2, -0.15) is 0 Å². The second-order valence-electron chi connectivity index (χ2n) is 6.45. The lowest BCUT2D eigenvalue weighted by molar-refractivity contribution is 0.240. The maximum absolute atomic E-state index is 12.2. The minimum absolute atomic E-state index is 0.186. The molecular formula is C19H25N3O3S. The van der Waals surface area contributed by atoms with E-state index in [-0.39, 0.29) is 23.5 Å². The molecule has 0 radical (unpaired) electrons. The van der Waals surface area contributed by atoms with Gasteiger partial charge in [-0.05, 0) is 44.0 Å². The zero-order valence-electron chi connectivity index (χ0n) is 15.2. The second kappa shape index (κ2) is 8.82. The van der Waals surface area contributed by atoms with Crippen molar-refractivity contribution in [3.63, 3.8) is 0 Å². The van der Waals surface area contributed by atoms with E-state index in [0.29, 0.717) is 12.1 Å². The number of sulfonamides is 1. The van der Waals surface area contributed by atoms with Crippen molar-refractivity contribution in [2.24, 2.45) is 0 Å². The van der Waals surface area contributed by atoms with Gasteiger partial charge in [-0.3, -0.25) is 0 Å². The Bertz CT molecular complexity index is 847. The fourth-order valence-corrected chi connectivity index (χ4v) is 3.65. The zero-order chi connectivity index (χ0) is 19.2. The van der Waals surface area contributed by atoms with Crippen LogP contribution in [0.5, 0.6) is 0 Å². The lowest BCUT2D eigenvalue weighted by atomic mass is 10.1. The maximum Gasteiger partial charge on any atom is 0.315 e. The molecule has 26 heavy (non-hydrogen) atoms. The Hall–Kier alpha value is -2.38. The van der Waals surface area contributed by atoms with Gasteiger partial charge in [0.2, 0.25) is 10.0 Å². The van der Waals surface area contributed by atoms with Crippen molar-refractivity contribution in [3.8, 4) is 0 Å². The topological polar surface area (TPSA) is 87.3 Å². The van der Waals surface area contributed by atoms with Crippen LogP contribution in [0.15, 0.2) is 53.4 Å². The van der Waals surface area contributed by atoms with Gasteiger partial charge >= 0.3 is 6.03 Å². The molecule has 2 aromatic rings. The average molecular weight is 375 g/mol. The number of hydrogen-bond donors (Lipinski definition) is 3. The van der Waals surface area contributed by atoms with Crippen molar-refractivity contribution in [1.29, 1.82) is 0 Å². The molecule has 140 valence electrons. The molecule has 0 fully saturated rings. The van der Waals surface area contributed by atoms with Gasteiger partial charge in [0.25, 0.3) is 0 Å². The third-order valence-corrected chi connectivity index (χ3v) is 5.28. The Balaban J connectivity index is 1.89. The molecular weight excluding hydrogens is 350 g/mol. The number of benzene rings is 2. The summed E-state index contributed by atoms with van der Waals surface area (Å²) in [5.41, 5.74) is 2.89. The molecule has 0 aliphatic rings. The van der Waals surface area contributed by atoms with Crippen LogP contribution in [-0.4, -0.2) is 20.5 Å². The fourth-order valence-electron chi connectivity index (χ4n) is 2.33. The quantitative estimate of drug-likeness (QED) is 0.695. The molecule has 0 heterocycles. The molecule has 0 saturated carbocycles. The first-order valence-electron chi connectivity index (χ1n) is 8.45. The molecule has 2 amide bonds. The summed E-state index contributed by atoms with van der Waals surface area (Å²) in [5, 5.41) is 5.51. The summed E-state index contributed by atoms with van der Waals surface area (Å²) in [4.78, 5) is 12.1. The maximum atomic E-state index is 12.2. The van der Waals surface area contributed by atoms with Crippen LogP contribution < -0.4 is 15.4 Å². The van der Waals surface area contributed by atoms with Crippen molar-refractivity contribution in [3.05, 3.63) is 65.2 Å². The molecule has 2 aromatic carbocycles. The number of nitrogens with one attached hydrogen (secondary N) is 3. The van der Waals surface area contributed by atoms with Crippen LogP contribution >= 0.6 is 0 Å². The summed E-state index contributed by atoms with van der Waals surface area (Å²) in [6, 6.07) is 13.9. The first-order chi connectivity index (χ1) is 12.3. The molecule has 0 aromatic heterocycles. The van der Waals surface area contributed by atoms with E-state index in [1.54, 1.807) is 32.0 Å². The molecule has 0 bridgehead atoms. The van der Waals surface area contributed by atoms with Crippen LogP contribution in [0.25, 0.3) is 0 Å². The van der Waals surface area contributed by atoms with Gasteiger partial charge in [-0.1, -0.05) is 42.0 Å². The predicted octanol–water partition coefficient (Wildman–Crippen LogP) is 2.68. The Kier molecular flexibility index (Phi) is 6.76. The van der Waals surface area contributed by atoms with Crippen LogP contribution in [0.1, 0.15) is 30.5 Å². The van der Waals surface area contributed by atoms with Crippen molar-refractivity contribution in [1.82, 2.24) is 15.4 Å². The summed E-state index contributed by atoms with van der Waals surface area (Å²) in [6.45, 7) is 6.21. The highest BCUT2D eigenvalue weighted by molar-refractivity contribution is 7.89. The van der Waals surface area contributed by atoms with E-state index in [4.69, 9.17) is 0 Å². The van der Waals surface area contributed by atoms with Gasteiger partial charge in [0.05, 0.1) is 4.90 Å². The molecule has 0 aliphatic heterocycles. The van der Waals surface area contributed by atoms with Crippen molar-refractivity contribution in [2.45, 2.75) is 44.8 Å². The SMILES string of the molecule is Cc1ccc(CNC(=O)NCc2cccc(S(=O)(=O)NC(C)C)c2)cc1. The fraction of sp³-hybridized carbons (Fsp3) is 0.316. The van der Waals surface area contributed by atoms with E-state index in [1.165, 1.54) is 11.6 Å². The largest absolute Gasteiger partial charge is 0.334 e. The Morgan fingerprint density at radius 3 is 2.19 bits per heavy atom. The number of carbonyl (C=O) groups is 1. The smallest absolute Gasteiger partial charge is 0.315 e. The summed E-state index contributed by atoms with van der Waals surface area (Å²) >= 11 is 0. The molecule has 0 spiro atoms. The van der Waals surface area contributed by atoms with Gasteiger partial charge in [-0.25, -0.2) is 17.9 Å². The summed E-state index contributed by atoms with van der Waals surface area (Å²) in [5.74, 6) is 0. The molecule has 7 heteroatoms. The van der Waals surface area contributed by atoms with E-state index in [9.17, 15) is 13.2 Å². The van der Waals surface area contributed by atoms with Crippen LogP contribution in [0, 0.1) is 6.92 Å². The minimum atomic E-state index is -3.55. The van der Waals surface area contributed by atoms with Gasteiger partial charge in [0.1, 0.15) is 0 Å². The number of amides is 2. The normalized spacial score (nSPS) is 11.4. The zero-order valence-corrected chi connectivity index (χ0v) is 16.1. The molecule has 0 aliphatic carbocycles. The summed E-state index contributed by atoms with van der Waals surface area (Å²) in [6.07, 6.45) is 0. The van der Waals surface area contributed by atoms with Crippen LogP contribution in [0.4, 0.5) is 4.79 Å². The standard InChI is InChI=1S/C19H25N3O3S/c1-14(2)22-26(24,25)18-6-4-5-17(11-18)13-21-19(23)20-12-16-9-7-15(3)8-10-16/h4-11,14,22H,12-13H2,1-3H3,(H2,20,21,23). The third kappa shape index (κ3) is 6.16. The van der Waals surface area contributed by atoms with Gasteiger partial charge in [0, 0.05) is 19.1 Å². The number of carbonyl (C=O) groups excluding carboxylic acids is 1. The van der Waals surface area contributed by atoms with Crippen LogP contribution in [0.3, 0.4) is 0 Å². The lowest BCUT2D eigenvalue weighted by Gasteiger charge is -2.11. The number of rotatable bonds is 7. The summed E-state index contributed by atoms with van der Waals surface area (Å²) < 4.78 is 27.0. The lowest BCUT2D eigenvalue weighted by Crippen LogP contribution is -2.34. The van der Waals surface area contributed by atoms with Gasteiger partial charge in [-0.15, -0.1) is 0 Å². The molecule has 6 nitrogen and oxygen atoms in total. The van der Waals surface area contributed by atoms with Crippen LogP contribution in [0.2, 0.25) is 0 Å². The first-order valence-corrected chi connectivity index (χ1v) is 9.93. The monoisotopic (exact) mass is 375 g/mol. The molecule has 0 unspecified atom stereocenters. The molecule has 0 atom stereocenters. The van der Waals surface area contributed by atoms with Crippen molar-refractivity contribution < 1.29 is 13.2 Å². The van der Waals surface area contributed by atoms with E-state index in [2.05, 4.69) is 15.4 Å². The number of aryl methyl sites for hydroxylation is 1. The number of urea groups is 1. The Morgan fingerprint density at radius 1 is 0.962 bits per heavy atom. The van der Waals surface area contributed by atoms with E-state index >= 15 is 0 Å². The second-order valence-corrected chi connectivity index (χ2v) is 8.16. The Labute approximate surface area is 155 Å². The number of hydrogen-bond acceptors (Lipinski definition) is 3. The highest BCUT2D eigenvalue weighted by atomic mass is 32.2. The summed E-state index contributed by atoms with van der Waals surface area (Å²) in [7, 11) is -3.55.